The molecular formula is C6H16N2O. The molecule has 0 unspecified atom stereocenters. The summed E-state index contributed by atoms with van der Waals surface area (Å²) in [5, 5.41) is 1.62. The van der Waals surface area contributed by atoms with Gasteiger partial charge in [-0.3, -0.25) is 5.84 Å². The van der Waals surface area contributed by atoms with Crippen LogP contribution in [0.4, 0.5) is 0 Å². The summed E-state index contributed by atoms with van der Waals surface area (Å²) >= 11 is 0. The van der Waals surface area contributed by atoms with E-state index in [0.29, 0.717) is 0 Å². The fourth-order valence-electron chi connectivity index (χ4n) is 0.455. The second kappa shape index (κ2) is 6.01. The van der Waals surface area contributed by atoms with Crippen molar-refractivity contribution in [1.29, 1.82) is 0 Å². The highest BCUT2D eigenvalue weighted by molar-refractivity contribution is 4.36. The number of ether oxygens (including phenoxy) is 1. The van der Waals surface area contributed by atoms with E-state index in [2.05, 4.69) is 6.92 Å². The van der Waals surface area contributed by atoms with Gasteiger partial charge < -0.3 is 4.74 Å². The lowest BCUT2D eigenvalue weighted by Crippen LogP contribution is -2.29. The van der Waals surface area contributed by atoms with Crippen molar-refractivity contribution in [3.63, 3.8) is 0 Å². The predicted octanol–water partition coefficient (Wildman–Crippen LogP) is 0.219. The van der Waals surface area contributed by atoms with Gasteiger partial charge >= 0.3 is 0 Å². The average molecular weight is 132 g/mol. The Morgan fingerprint density at radius 1 is 1.44 bits per heavy atom. The Morgan fingerprint density at radius 3 is 2.56 bits per heavy atom. The Kier molecular flexibility index (Phi) is 5.93. The molecule has 9 heavy (non-hydrogen) atoms. The zero-order valence-electron chi connectivity index (χ0n) is 6.26. The van der Waals surface area contributed by atoms with E-state index in [4.69, 9.17) is 10.6 Å². The van der Waals surface area contributed by atoms with Gasteiger partial charge in [0.1, 0.15) is 0 Å². The lowest BCUT2D eigenvalue weighted by Gasteiger charge is -2.08. The minimum Gasteiger partial charge on any atom is -0.380 e. The number of rotatable bonds is 5. The summed E-state index contributed by atoms with van der Waals surface area (Å²) in [4.78, 5) is 0. The summed E-state index contributed by atoms with van der Waals surface area (Å²) < 4.78 is 5.17. The van der Waals surface area contributed by atoms with Crippen LogP contribution in [0.1, 0.15) is 13.3 Å². The highest BCUT2D eigenvalue weighted by atomic mass is 16.5. The van der Waals surface area contributed by atoms with Crippen LogP contribution < -0.4 is 5.84 Å². The Labute approximate surface area is 56.7 Å². The van der Waals surface area contributed by atoms with Crippen LogP contribution in [0.2, 0.25) is 0 Å². The van der Waals surface area contributed by atoms with Gasteiger partial charge in [0.2, 0.25) is 0 Å². The first-order valence-corrected chi connectivity index (χ1v) is 3.31. The van der Waals surface area contributed by atoms with Gasteiger partial charge in [-0.2, -0.15) is 0 Å². The highest BCUT2D eigenvalue weighted by Gasteiger charge is 1.88. The van der Waals surface area contributed by atoms with E-state index in [1.165, 1.54) is 0 Å². The smallest absolute Gasteiger partial charge is 0.0607 e. The number of nitrogens with zero attached hydrogens (tertiary/aromatic N) is 1. The summed E-state index contributed by atoms with van der Waals surface area (Å²) in [6.07, 6.45) is 1.08. The molecule has 0 fully saturated rings. The SMILES string of the molecule is CCCOCCN(C)N. The summed E-state index contributed by atoms with van der Waals surface area (Å²) in [5.41, 5.74) is 0. The number of nitrogens with two attached hydrogens (primary N) is 1. The third-order valence-corrected chi connectivity index (χ3v) is 0.937. The molecule has 2 N–H and O–H groups in total. The molecule has 0 spiro atoms. The summed E-state index contributed by atoms with van der Waals surface area (Å²) in [7, 11) is 1.83. The number of hydrogen-bond donors (Lipinski definition) is 1. The Bertz CT molecular complexity index is 57.0. The number of likely N-dealkylation sites (N-methyl/N-ethyl adjacent to an activating group) is 1. The molecule has 0 bridgehead atoms. The molecule has 0 rings (SSSR count). The van der Waals surface area contributed by atoms with Gasteiger partial charge in [-0.25, -0.2) is 5.01 Å². The summed E-state index contributed by atoms with van der Waals surface area (Å²) in [6.45, 7) is 4.47. The normalized spacial score (nSPS) is 10.7. The Hall–Kier alpha value is -0.120. The van der Waals surface area contributed by atoms with Crippen molar-refractivity contribution < 1.29 is 4.74 Å². The van der Waals surface area contributed by atoms with E-state index >= 15 is 0 Å². The second-order valence-corrected chi connectivity index (χ2v) is 2.09. The average Bonchev–Trinajstić information content (AvgIpc) is 1.80. The lowest BCUT2D eigenvalue weighted by molar-refractivity contribution is 0.112. The van der Waals surface area contributed by atoms with E-state index < -0.39 is 0 Å². The van der Waals surface area contributed by atoms with Crippen LogP contribution >= 0.6 is 0 Å². The molecule has 0 saturated carbocycles. The van der Waals surface area contributed by atoms with E-state index in [0.717, 1.165) is 26.2 Å². The van der Waals surface area contributed by atoms with Crippen molar-refractivity contribution in [2.75, 3.05) is 26.8 Å². The lowest BCUT2D eigenvalue weighted by atomic mass is 10.5. The van der Waals surface area contributed by atoms with Crippen LogP contribution in [0.15, 0.2) is 0 Å². The molecule has 0 aliphatic heterocycles. The molecule has 0 aromatic heterocycles. The minimum atomic E-state index is 0.737. The van der Waals surface area contributed by atoms with Crippen LogP contribution in [-0.2, 0) is 4.74 Å². The Balaban J connectivity index is 2.75. The molecule has 0 saturated heterocycles. The first kappa shape index (κ1) is 8.88. The molecule has 3 nitrogen and oxygen atoms in total. The van der Waals surface area contributed by atoms with Gasteiger partial charge in [0.15, 0.2) is 0 Å². The van der Waals surface area contributed by atoms with Crippen molar-refractivity contribution >= 4 is 0 Å². The van der Waals surface area contributed by atoms with Crippen LogP contribution in [0.3, 0.4) is 0 Å². The number of hydrazine groups is 1. The first-order chi connectivity index (χ1) is 4.27. The first-order valence-electron chi connectivity index (χ1n) is 3.31. The van der Waals surface area contributed by atoms with E-state index in [1.54, 1.807) is 5.01 Å². The van der Waals surface area contributed by atoms with Crippen molar-refractivity contribution in [2.45, 2.75) is 13.3 Å². The van der Waals surface area contributed by atoms with Gasteiger partial charge in [-0.05, 0) is 6.42 Å². The fourth-order valence-corrected chi connectivity index (χ4v) is 0.455. The second-order valence-electron chi connectivity index (χ2n) is 2.09. The van der Waals surface area contributed by atoms with Crippen molar-refractivity contribution in [3.8, 4) is 0 Å². The van der Waals surface area contributed by atoms with Crippen LogP contribution in [-0.4, -0.2) is 31.8 Å². The van der Waals surface area contributed by atoms with E-state index in [-0.39, 0.29) is 0 Å². The molecule has 0 aromatic rings. The molecule has 0 heterocycles. The van der Waals surface area contributed by atoms with Crippen molar-refractivity contribution in [2.24, 2.45) is 5.84 Å². The van der Waals surface area contributed by atoms with Gasteiger partial charge in [0.05, 0.1) is 6.61 Å². The topological polar surface area (TPSA) is 38.5 Å². The van der Waals surface area contributed by atoms with Gasteiger partial charge in [-0.1, -0.05) is 6.92 Å². The predicted molar refractivity (Wildman–Crippen MR) is 37.9 cm³/mol. The highest BCUT2D eigenvalue weighted by Crippen LogP contribution is 1.79. The fraction of sp³-hybridized carbons (Fsp3) is 1.00. The van der Waals surface area contributed by atoms with Crippen molar-refractivity contribution in [1.82, 2.24) is 5.01 Å². The molecular weight excluding hydrogens is 116 g/mol. The van der Waals surface area contributed by atoms with Crippen LogP contribution in [0.5, 0.6) is 0 Å². The Morgan fingerprint density at radius 2 is 2.11 bits per heavy atom. The van der Waals surface area contributed by atoms with Crippen molar-refractivity contribution in [3.05, 3.63) is 0 Å². The standard InChI is InChI=1S/C6H16N2O/c1-3-5-9-6-4-8(2)7/h3-7H2,1-2H3. The van der Waals surface area contributed by atoms with E-state index in [9.17, 15) is 0 Å². The zero-order valence-corrected chi connectivity index (χ0v) is 6.26. The molecule has 0 amide bonds. The molecule has 0 aliphatic rings. The molecule has 0 aromatic carbocycles. The largest absolute Gasteiger partial charge is 0.380 e. The third-order valence-electron chi connectivity index (χ3n) is 0.937. The van der Waals surface area contributed by atoms with Crippen LogP contribution in [0, 0.1) is 0 Å². The third kappa shape index (κ3) is 7.88. The monoisotopic (exact) mass is 132 g/mol. The van der Waals surface area contributed by atoms with Gasteiger partial charge in [0.25, 0.3) is 0 Å². The summed E-state index contributed by atoms with van der Waals surface area (Å²) in [6, 6.07) is 0. The quantitative estimate of drug-likeness (QED) is 0.330. The summed E-state index contributed by atoms with van der Waals surface area (Å²) in [5.74, 6) is 5.33. The maximum absolute atomic E-state index is 5.33. The zero-order chi connectivity index (χ0) is 7.11. The molecule has 0 atom stereocenters. The molecule has 3 heteroatoms. The van der Waals surface area contributed by atoms with E-state index in [1.807, 2.05) is 7.05 Å². The van der Waals surface area contributed by atoms with Gasteiger partial charge in [-0.15, -0.1) is 0 Å². The number of hydrogen-bond acceptors (Lipinski definition) is 3. The molecule has 0 radical (unpaired) electrons. The molecule has 56 valence electrons. The van der Waals surface area contributed by atoms with Crippen LogP contribution in [0.25, 0.3) is 0 Å². The maximum atomic E-state index is 5.33. The maximum Gasteiger partial charge on any atom is 0.0607 e. The minimum absolute atomic E-state index is 0.737. The molecule has 0 aliphatic carbocycles. The van der Waals surface area contributed by atoms with Gasteiger partial charge in [0, 0.05) is 20.2 Å².